The van der Waals surface area contributed by atoms with E-state index in [1.807, 2.05) is 0 Å². The zero-order valence-corrected chi connectivity index (χ0v) is 10.9. The highest BCUT2D eigenvalue weighted by Crippen LogP contribution is 2.21. The number of hydrogen-bond acceptors (Lipinski definition) is 3. The Balaban J connectivity index is 2.99. The first-order valence-corrected chi connectivity index (χ1v) is 5.81. The second kappa shape index (κ2) is 5.73. The van der Waals surface area contributed by atoms with E-state index in [2.05, 4.69) is 0 Å². The normalized spacial score (nSPS) is 11.9. The number of carbonyl (C=O) groups excluding carboxylic acids is 1. The Labute approximate surface area is 110 Å². The van der Waals surface area contributed by atoms with Crippen molar-refractivity contribution in [3.8, 4) is 0 Å². The van der Waals surface area contributed by atoms with Crippen molar-refractivity contribution in [1.29, 1.82) is 0 Å². The molecule has 0 aromatic heterocycles. The highest BCUT2D eigenvalue weighted by Gasteiger charge is 2.25. The predicted octanol–water partition coefficient (Wildman–Crippen LogP) is 1.86. The lowest BCUT2D eigenvalue weighted by atomic mass is 10.1. The Bertz CT molecular complexity index is 476. The molecular weight excluding hydrogens is 256 g/mol. The number of carbonyl (C=O) groups is 2. The number of amides is 1. The molecule has 0 aliphatic carbocycles. The van der Waals surface area contributed by atoms with Crippen LogP contribution in [0.5, 0.6) is 0 Å². The molecule has 98 valence electrons. The van der Waals surface area contributed by atoms with Gasteiger partial charge in [0.05, 0.1) is 10.7 Å². The van der Waals surface area contributed by atoms with Gasteiger partial charge in [0.2, 0.25) is 0 Å². The first-order valence-electron chi connectivity index (χ1n) is 5.43. The van der Waals surface area contributed by atoms with Crippen LogP contribution < -0.4 is 5.73 Å². The molecule has 1 amide bonds. The van der Waals surface area contributed by atoms with E-state index in [1.165, 1.54) is 30.1 Å². The minimum absolute atomic E-state index is 0.276. The largest absolute Gasteiger partial charge is 0.480 e. The van der Waals surface area contributed by atoms with Gasteiger partial charge in [-0.1, -0.05) is 18.5 Å². The number of carboxylic acids is 1. The SMILES string of the molecule is CCC(C(=O)O)N(C)C(=O)c1ccc(N)c(Cl)c1. The van der Waals surface area contributed by atoms with Crippen molar-refractivity contribution in [2.45, 2.75) is 19.4 Å². The molecule has 0 saturated heterocycles. The fraction of sp³-hybridized carbons (Fsp3) is 0.333. The summed E-state index contributed by atoms with van der Waals surface area (Å²) < 4.78 is 0. The van der Waals surface area contributed by atoms with E-state index < -0.39 is 17.9 Å². The third-order valence-electron chi connectivity index (χ3n) is 2.71. The lowest BCUT2D eigenvalue weighted by Gasteiger charge is -2.23. The van der Waals surface area contributed by atoms with Crippen LogP contribution in [0.3, 0.4) is 0 Å². The average Bonchev–Trinajstić information content (AvgIpc) is 2.32. The second-order valence-corrected chi connectivity index (χ2v) is 4.32. The van der Waals surface area contributed by atoms with Crippen LogP contribution in [0.2, 0.25) is 5.02 Å². The van der Waals surface area contributed by atoms with Crippen LogP contribution in [-0.2, 0) is 4.79 Å². The summed E-state index contributed by atoms with van der Waals surface area (Å²) in [4.78, 5) is 24.2. The maximum absolute atomic E-state index is 12.1. The van der Waals surface area contributed by atoms with Crippen LogP contribution in [0, 0.1) is 0 Å². The Morgan fingerprint density at radius 1 is 1.50 bits per heavy atom. The number of rotatable bonds is 4. The van der Waals surface area contributed by atoms with Gasteiger partial charge in [-0.15, -0.1) is 0 Å². The molecule has 0 radical (unpaired) electrons. The van der Waals surface area contributed by atoms with Crippen molar-refractivity contribution < 1.29 is 14.7 Å². The standard InChI is InChI=1S/C12H15ClN2O3/c1-3-10(12(17)18)15(2)11(16)7-4-5-9(14)8(13)6-7/h4-6,10H,3,14H2,1-2H3,(H,17,18). The first kappa shape index (κ1) is 14.3. The van der Waals surface area contributed by atoms with Crippen LogP contribution in [-0.4, -0.2) is 35.0 Å². The van der Waals surface area contributed by atoms with E-state index >= 15 is 0 Å². The minimum atomic E-state index is -1.03. The summed E-state index contributed by atoms with van der Waals surface area (Å²) in [5, 5.41) is 9.27. The van der Waals surface area contributed by atoms with E-state index in [-0.39, 0.29) is 5.02 Å². The molecular formula is C12H15ClN2O3. The van der Waals surface area contributed by atoms with E-state index in [0.717, 1.165) is 0 Å². The van der Waals surface area contributed by atoms with Crippen molar-refractivity contribution in [1.82, 2.24) is 4.90 Å². The smallest absolute Gasteiger partial charge is 0.326 e. The molecule has 0 aliphatic rings. The Morgan fingerprint density at radius 2 is 2.11 bits per heavy atom. The number of nitrogens with zero attached hydrogens (tertiary/aromatic N) is 1. The predicted molar refractivity (Wildman–Crippen MR) is 69.7 cm³/mol. The molecule has 0 fully saturated rings. The van der Waals surface area contributed by atoms with Crippen LogP contribution in [0.1, 0.15) is 23.7 Å². The van der Waals surface area contributed by atoms with E-state index in [4.69, 9.17) is 22.4 Å². The number of likely N-dealkylation sites (N-methyl/N-ethyl adjacent to an activating group) is 1. The van der Waals surface area contributed by atoms with Gasteiger partial charge in [-0.05, 0) is 24.6 Å². The maximum Gasteiger partial charge on any atom is 0.326 e. The molecule has 0 spiro atoms. The summed E-state index contributed by atoms with van der Waals surface area (Å²) in [7, 11) is 1.45. The van der Waals surface area contributed by atoms with Gasteiger partial charge in [-0.3, -0.25) is 4.79 Å². The highest BCUT2D eigenvalue weighted by atomic mass is 35.5. The lowest BCUT2D eigenvalue weighted by molar-refractivity contribution is -0.142. The molecule has 18 heavy (non-hydrogen) atoms. The van der Waals surface area contributed by atoms with Gasteiger partial charge in [0.25, 0.3) is 5.91 Å². The topological polar surface area (TPSA) is 83.6 Å². The van der Waals surface area contributed by atoms with Gasteiger partial charge in [-0.2, -0.15) is 0 Å². The molecule has 5 nitrogen and oxygen atoms in total. The van der Waals surface area contributed by atoms with Crippen LogP contribution >= 0.6 is 11.6 Å². The maximum atomic E-state index is 12.1. The van der Waals surface area contributed by atoms with E-state index in [0.29, 0.717) is 17.7 Å². The fourth-order valence-electron chi connectivity index (χ4n) is 1.62. The highest BCUT2D eigenvalue weighted by molar-refractivity contribution is 6.33. The first-order chi connectivity index (χ1) is 8.38. The third kappa shape index (κ3) is 2.92. The van der Waals surface area contributed by atoms with E-state index in [9.17, 15) is 9.59 Å². The summed E-state index contributed by atoms with van der Waals surface area (Å²) in [5.74, 6) is -1.43. The Hall–Kier alpha value is -1.75. The zero-order chi connectivity index (χ0) is 13.9. The molecule has 1 aromatic carbocycles. The average molecular weight is 271 g/mol. The number of nitrogen functional groups attached to an aromatic ring is 1. The van der Waals surface area contributed by atoms with Gasteiger partial charge in [-0.25, -0.2) is 4.79 Å². The summed E-state index contributed by atoms with van der Waals surface area (Å²) in [6, 6.07) is 3.62. The quantitative estimate of drug-likeness (QED) is 0.818. The molecule has 0 bridgehead atoms. The molecule has 0 saturated carbocycles. The third-order valence-corrected chi connectivity index (χ3v) is 3.03. The lowest BCUT2D eigenvalue weighted by Crippen LogP contribution is -2.41. The fourth-order valence-corrected chi connectivity index (χ4v) is 1.80. The number of aliphatic carboxylic acids is 1. The number of anilines is 1. The van der Waals surface area contributed by atoms with Gasteiger partial charge in [0.15, 0.2) is 0 Å². The molecule has 1 atom stereocenters. The van der Waals surface area contributed by atoms with Crippen molar-refractivity contribution in [2.24, 2.45) is 0 Å². The second-order valence-electron chi connectivity index (χ2n) is 3.91. The van der Waals surface area contributed by atoms with Crippen molar-refractivity contribution >= 4 is 29.2 Å². The van der Waals surface area contributed by atoms with Gasteiger partial charge in [0.1, 0.15) is 6.04 Å². The number of benzene rings is 1. The summed E-state index contributed by atoms with van der Waals surface area (Å²) in [5.41, 5.74) is 6.24. The molecule has 6 heteroatoms. The van der Waals surface area contributed by atoms with Crippen LogP contribution in [0.15, 0.2) is 18.2 Å². The summed E-state index contributed by atoms with van der Waals surface area (Å²) in [6.45, 7) is 1.71. The van der Waals surface area contributed by atoms with Crippen LogP contribution in [0.25, 0.3) is 0 Å². The Morgan fingerprint density at radius 3 is 2.56 bits per heavy atom. The molecule has 3 N–H and O–H groups in total. The summed E-state index contributed by atoms with van der Waals surface area (Å²) >= 11 is 5.83. The number of nitrogens with two attached hydrogens (primary N) is 1. The van der Waals surface area contributed by atoms with E-state index in [1.54, 1.807) is 6.92 Å². The van der Waals surface area contributed by atoms with Crippen molar-refractivity contribution in [3.63, 3.8) is 0 Å². The Kier molecular flexibility index (Phi) is 4.55. The molecule has 1 rings (SSSR count). The van der Waals surface area contributed by atoms with Crippen molar-refractivity contribution in [3.05, 3.63) is 28.8 Å². The molecule has 0 heterocycles. The van der Waals surface area contributed by atoms with Gasteiger partial charge >= 0.3 is 5.97 Å². The zero-order valence-electron chi connectivity index (χ0n) is 10.2. The van der Waals surface area contributed by atoms with Gasteiger partial charge in [0, 0.05) is 12.6 Å². The monoisotopic (exact) mass is 270 g/mol. The molecule has 1 unspecified atom stereocenters. The number of hydrogen-bond donors (Lipinski definition) is 2. The number of carboxylic acid groups (broad SMARTS) is 1. The summed E-state index contributed by atoms with van der Waals surface area (Å²) in [6.07, 6.45) is 0.334. The molecule has 0 aliphatic heterocycles. The van der Waals surface area contributed by atoms with Crippen LogP contribution in [0.4, 0.5) is 5.69 Å². The minimum Gasteiger partial charge on any atom is -0.480 e. The van der Waals surface area contributed by atoms with Crippen molar-refractivity contribution in [2.75, 3.05) is 12.8 Å². The number of halogens is 1. The van der Waals surface area contributed by atoms with Gasteiger partial charge < -0.3 is 15.7 Å². The molecule has 1 aromatic rings.